The molecule has 1 N–H and O–H groups in total. The van der Waals surface area contributed by atoms with Crippen molar-refractivity contribution in [3.63, 3.8) is 0 Å². The number of anilines is 1. The number of nitriles is 1. The van der Waals surface area contributed by atoms with E-state index in [1.165, 1.54) is 11.3 Å². The molecule has 1 aromatic heterocycles. The number of aromatic nitrogens is 1. The van der Waals surface area contributed by atoms with Gasteiger partial charge >= 0.3 is 0 Å². The molecule has 0 unspecified atom stereocenters. The third-order valence-electron chi connectivity index (χ3n) is 3.77. The van der Waals surface area contributed by atoms with Gasteiger partial charge in [0.15, 0.2) is 0 Å². The highest BCUT2D eigenvalue weighted by molar-refractivity contribution is 7.11. The fraction of sp³-hybridized carbons (Fsp3) is 0.100. The number of halogens is 1. The van der Waals surface area contributed by atoms with Gasteiger partial charge in [0.25, 0.3) is 0 Å². The molecule has 0 amide bonds. The number of allylic oxidation sites excluding steroid dienone is 1. The van der Waals surface area contributed by atoms with E-state index in [9.17, 15) is 5.26 Å². The zero-order chi connectivity index (χ0) is 19.2. The van der Waals surface area contributed by atoms with Gasteiger partial charge in [-0.3, -0.25) is 0 Å². The van der Waals surface area contributed by atoms with Gasteiger partial charge in [0.2, 0.25) is 0 Å². The summed E-state index contributed by atoms with van der Waals surface area (Å²) in [5, 5.41) is 15.7. The van der Waals surface area contributed by atoms with Crippen molar-refractivity contribution in [2.75, 3.05) is 19.5 Å². The summed E-state index contributed by atoms with van der Waals surface area (Å²) in [5.74, 6) is 1.41. The van der Waals surface area contributed by atoms with Crippen LogP contribution in [0.4, 0.5) is 5.69 Å². The first-order valence-corrected chi connectivity index (χ1v) is 9.21. The molecule has 3 rings (SSSR count). The third-order valence-corrected chi connectivity index (χ3v) is 4.89. The Bertz CT molecular complexity index is 1010. The first-order chi connectivity index (χ1) is 13.1. The lowest BCUT2D eigenvalue weighted by atomic mass is 10.2. The van der Waals surface area contributed by atoms with Crippen LogP contribution >= 0.6 is 22.9 Å². The van der Waals surface area contributed by atoms with Crippen molar-refractivity contribution < 1.29 is 9.47 Å². The van der Waals surface area contributed by atoms with Crippen LogP contribution < -0.4 is 14.8 Å². The lowest BCUT2D eigenvalue weighted by Crippen LogP contribution is -1.95. The standard InChI is InChI=1S/C20H16ClN3O2S/c1-25-16-6-3-13(4-7-16)18-12-27-20(24-18)14(10-22)11-23-17-9-15(21)5-8-19(17)26-2/h3-9,11-12,23H,1-2H3/b14-11+. The van der Waals surface area contributed by atoms with Crippen molar-refractivity contribution in [1.82, 2.24) is 4.98 Å². The molecule has 7 heteroatoms. The van der Waals surface area contributed by atoms with Gasteiger partial charge in [0.1, 0.15) is 28.1 Å². The number of ether oxygens (including phenoxy) is 2. The van der Waals surface area contributed by atoms with Crippen molar-refractivity contribution >= 4 is 34.2 Å². The second-order valence-corrected chi connectivity index (χ2v) is 6.72. The van der Waals surface area contributed by atoms with Crippen LogP contribution in [-0.4, -0.2) is 19.2 Å². The summed E-state index contributed by atoms with van der Waals surface area (Å²) in [4.78, 5) is 4.57. The fourth-order valence-electron chi connectivity index (χ4n) is 2.38. The molecule has 1 heterocycles. The van der Waals surface area contributed by atoms with Crippen LogP contribution in [0, 0.1) is 11.3 Å². The van der Waals surface area contributed by atoms with E-state index in [-0.39, 0.29) is 0 Å². The number of nitrogens with one attached hydrogen (secondary N) is 1. The van der Waals surface area contributed by atoms with E-state index < -0.39 is 0 Å². The molecule has 0 aliphatic rings. The van der Waals surface area contributed by atoms with Crippen LogP contribution in [0.15, 0.2) is 54.0 Å². The molecule has 0 spiro atoms. The highest BCUT2D eigenvalue weighted by Crippen LogP contribution is 2.30. The van der Waals surface area contributed by atoms with E-state index in [2.05, 4.69) is 16.4 Å². The van der Waals surface area contributed by atoms with E-state index in [0.717, 1.165) is 17.0 Å². The topological polar surface area (TPSA) is 67.2 Å². The zero-order valence-electron chi connectivity index (χ0n) is 14.7. The number of hydrogen-bond acceptors (Lipinski definition) is 6. The second kappa shape index (κ2) is 8.58. The minimum Gasteiger partial charge on any atom is -0.497 e. The summed E-state index contributed by atoms with van der Waals surface area (Å²) in [6.45, 7) is 0. The minimum absolute atomic E-state index is 0.418. The molecule has 0 aliphatic carbocycles. The van der Waals surface area contributed by atoms with Crippen molar-refractivity contribution in [2.24, 2.45) is 0 Å². The summed E-state index contributed by atoms with van der Waals surface area (Å²) in [5.41, 5.74) is 2.85. The number of methoxy groups -OCH3 is 2. The van der Waals surface area contributed by atoms with Crippen LogP contribution in [0.1, 0.15) is 5.01 Å². The number of thiazole rings is 1. The van der Waals surface area contributed by atoms with Gasteiger partial charge in [-0.1, -0.05) is 11.6 Å². The maximum Gasteiger partial charge on any atom is 0.142 e. The van der Waals surface area contributed by atoms with E-state index in [1.54, 1.807) is 38.6 Å². The Morgan fingerprint density at radius 2 is 1.96 bits per heavy atom. The molecule has 2 aromatic carbocycles. The summed E-state index contributed by atoms with van der Waals surface area (Å²) < 4.78 is 10.5. The first-order valence-electron chi connectivity index (χ1n) is 7.95. The average Bonchev–Trinajstić information content (AvgIpc) is 3.19. The normalized spacial score (nSPS) is 11.0. The summed E-state index contributed by atoms with van der Waals surface area (Å²) in [7, 11) is 3.20. The Kier molecular flexibility index (Phi) is 5.97. The Morgan fingerprint density at radius 3 is 2.63 bits per heavy atom. The molecular weight excluding hydrogens is 382 g/mol. The van der Waals surface area contributed by atoms with Crippen molar-refractivity contribution in [3.8, 4) is 28.8 Å². The lowest BCUT2D eigenvalue weighted by molar-refractivity contribution is 0.415. The summed E-state index contributed by atoms with van der Waals surface area (Å²) in [6, 6.07) is 15.0. The van der Waals surface area contributed by atoms with Gasteiger partial charge in [0.05, 0.1) is 25.6 Å². The smallest absolute Gasteiger partial charge is 0.142 e. The van der Waals surface area contributed by atoms with Crippen LogP contribution in [-0.2, 0) is 0 Å². The maximum atomic E-state index is 9.52. The molecule has 0 saturated carbocycles. The second-order valence-electron chi connectivity index (χ2n) is 5.43. The van der Waals surface area contributed by atoms with Crippen LogP contribution in [0.25, 0.3) is 16.8 Å². The van der Waals surface area contributed by atoms with Crippen LogP contribution in [0.2, 0.25) is 5.02 Å². The van der Waals surface area contributed by atoms with Gasteiger partial charge < -0.3 is 14.8 Å². The Balaban J connectivity index is 1.84. The number of benzene rings is 2. The Hall–Kier alpha value is -3.01. The van der Waals surface area contributed by atoms with Gasteiger partial charge in [-0.2, -0.15) is 5.26 Å². The number of rotatable bonds is 6. The predicted octanol–water partition coefficient (Wildman–Crippen LogP) is 5.46. The monoisotopic (exact) mass is 397 g/mol. The molecule has 3 aromatic rings. The third kappa shape index (κ3) is 4.40. The molecule has 5 nitrogen and oxygen atoms in total. The van der Waals surface area contributed by atoms with Crippen LogP contribution in [0.3, 0.4) is 0 Å². The van der Waals surface area contributed by atoms with E-state index in [4.69, 9.17) is 21.1 Å². The highest BCUT2D eigenvalue weighted by Gasteiger charge is 2.10. The molecule has 0 bridgehead atoms. The fourth-order valence-corrected chi connectivity index (χ4v) is 3.34. The largest absolute Gasteiger partial charge is 0.497 e. The molecule has 0 fully saturated rings. The van der Waals surface area contributed by atoms with Crippen LogP contribution in [0.5, 0.6) is 11.5 Å². The Morgan fingerprint density at radius 1 is 1.19 bits per heavy atom. The summed E-state index contributed by atoms with van der Waals surface area (Å²) in [6.07, 6.45) is 1.60. The molecule has 27 heavy (non-hydrogen) atoms. The van der Waals surface area contributed by atoms with Gasteiger partial charge in [-0.25, -0.2) is 4.98 Å². The average molecular weight is 398 g/mol. The van der Waals surface area contributed by atoms with Crippen molar-refractivity contribution in [1.29, 1.82) is 5.26 Å². The van der Waals surface area contributed by atoms with Crippen molar-refractivity contribution in [3.05, 3.63) is 64.1 Å². The highest BCUT2D eigenvalue weighted by atomic mass is 35.5. The van der Waals surface area contributed by atoms with Gasteiger partial charge in [-0.15, -0.1) is 11.3 Å². The number of nitrogens with zero attached hydrogens (tertiary/aromatic N) is 2. The van der Waals surface area contributed by atoms with E-state index in [0.29, 0.717) is 27.0 Å². The van der Waals surface area contributed by atoms with Gasteiger partial charge in [-0.05, 0) is 42.5 Å². The molecule has 0 aliphatic heterocycles. The predicted molar refractivity (Wildman–Crippen MR) is 109 cm³/mol. The molecule has 136 valence electrons. The van der Waals surface area contributed by atoms with Gasteiger partial charge in [0, 0.05) is 22.2 Å². The molecule has 0 saturated heterocycles. The molecule has 0 atom stereocenters. The lowest BCUT2D eigenvalue weighted by Gasteiger charge is -2.08. The summed E-state index contributed by atoms with van der Waals surface area (Å²) >= 11 is 7.44. The number of hydrogen-bond donors (Lipinski definition) is 1. The van der Waals surface area contributed by atoms with E-state index >= 15 is 0 Å². The maximum absolute atomic E-state index is 9.52. The quantitative estimate of drug-likeness (QED) is 0.559. The van der Waals surface area contributed by atoms with E-state index in [1.807, 2.05) is 29.6 Å². The SMILES string of the molecule is COc1ccc(-c2csc(/C(C#N)=C/Nc3cc(Cl)ccc3OC)n2)cc1. The Labute approximate surface area is 166 Å². The first kappa shape index (κ1) is 18.8. The molecule has 0 radical (unpaired) electrons. The zero-order valence-corrected chi connectivity index (χ0v) is 16.3. The van der Waals surface area contributed by atoms with Crippen molar-refractivity contribution in [2.45, 2.75) is 0 Å². The minimum atomic E-state index is 0.418. The molecular formula is C20H16ClN3O2S.